The fraction of sp³-hybridized carbons (Fsp3) is 0.450. The fourth-order valence-corrected chi connectivity index (χ4v) is 4.04. The molecule has 0 bridgehead atoms. The highest BCUT2D eigenvalue weighted by Gasteiger charge is 2.43. The van der Waals surface area contributed by atoms with Gasteiger partial charge < -0.3 is 15.4 Å². The van der Waals surface area contributed by atoms with Gasteiger partial charge in [-0.05, 0) is 36.8 Å². The molecule has 6 heteroatoms. The van der Waals surface area contributed by atoms with Gasteiger partial charge in [0.1, 0.15) is 0 Å². The summed E-state index contributed by atoms with van der Waals surface area (Å²) in [5.41, 5.74) is 8.50. The average Bonchev–Trinajstić information content (AvgIpc) is 2.68. The molecular weight excluding hydrogens is 328 g/mol. The Kier molecular flexibility index (Phi) is 4.59. The standard InChI is InChI=1S/C20H24N4O2/c21-19-22-13-16-6-9-24(14-17(16)23-19)18(25)20(7-10-26-11-8-20)12-15-4-2-1-3-5-15/h1-5,13H,6-12,14H2,(H2,21,22,23). The lowest BCUT2D eigenvalue weighted by atomic mass is 9.73. The predicted octanol–water partition coefficient (Wildman–Crippen LogP) is 1.98. The number of carbonyl (C=O) groups is 1. The summed E-state index contributed by atoms with van der Waals surface area (Å²) in [4.78, 5) is 23.9. The number of hydrogen-bond acceptors (Lipinski definition) is 5. The van der Waals surface area contributed by atoms with Crippen LogP contribution in [-0.2, 0) is 28.9 Å². The predicted molar refractivity (Wildman–Crippen MR) is 98.2 cm³/mol. The van der Waals surface area contributed by atoms with Crippen LogP contribution in [0.3, 0.4) is 0 Å². The maximum atomic E-state index is 13.6. The third-order valence-corrected chi connectivity index (χ3v) is 5.54. The Labute approximate surface area is 153 Å². The number of anilines is 1. The minimum absolute atomic E-state index is 0.215. The van der Waals surface area contributed by atoms with Crippen molar-refractivity contribution >= 4 is 11.9 Å². The minimum Gasteiger partial charge on any atom is -0.381 e. The van der Waals surface area contributed by atoms with Crippen LogP contribution < -0.4 is 5.73 Å². The molecule has 0 saturated carbocycles. The average molecular weight is 352 g/mol. The number of fused-ring (bicyclic) bond motifs is 1. The van der Waals surface area contributed by atoms with Gasteiger partial charge in [0.25, 0.3) is 0 Å². The van der Waals surface area contributed by atoms with Gasteiger partial charge in [-0.1, -0.05) is 30.3 Å². The molecule has 0 atom stereocenters. The number of rotatable bonds is 3. The lowest BCUT2D eigenvalue weighted by molar-refractivity contribution is -0.149. The van der Waals surface area contributed by atoms with Crippen molar-refractivity contribution in [3.8, 4) is 0 Å². The van der Waals surface area contributed by atoms with E-state index in [0.717, 1.165) is 36.9 Å². The van der Waals surface area contributed by atoms with E-state index in [9.17, 15) is 4.79 Å². The van der Waals surface area contributed by atoms with Gasteiger partial charge in [-0.25, -0.2) is 9.97 Å². The van der Waals surface area contributed by atoms with Crippen LogP contribution in [0, 0.1) is 5.41 Å². The summed E-state index contributed by atoms with van der Waals surface area (Å²) in [6.45, 7) is 2.49. The van der Waals surface area contributed by atoms with E-state index in [-0.39, 0.29) is 11.9 Å². The van der Waals surface area contributed by atoms with E-state index in [1.54, 1.807) is 6.20 Å². The van der Waals surface area contributed by atoms with Crippen molar-refractivity contribution < 1.29 is 9.53 Å². The number of nitrogen functional groups attached to an aromatic ring is 1. The molecule has 0 unspecified atom stereocenters. The molecular formula is C20H24N4O2. The first-order valence-corrected chi connectivity index (χ1v) is 9.18. The van der Waals surface area contributed by atoms with Crippen LogP contribution in [0.2, 0.25) is 0 Å². The monoisotopic (exact) mass is 352 g/mol. The molecule has 136 valence electrons. The maximum absolute atomic E-state index is 13.6. The smallest absolute Gasteiger partial charge is 0.229 e. The second kappa shape index (κ2) is 7.03. The third-order valence-electron chi connectivity index (χ3n) is 5.54. The molecule has 3 heterocycles. The van der Waals surface area contributed by atoms with Crippen LogP contribution in [0.1, 0.15) is 29.7 Å². The van der Waals surface area contributed by atoms with E-state index in [1.807, 2.05) is 23.1 Å². The van der Waals surface area contributed by atoms with Gasteiger partial charge in [0.15, 0.2) is 0 Å². The van der Waals surface area contributed by atoms with Crippen LogP contribution in [0.4, 0.5) is 5.95 Å². The van der Waals surface area contributed by atoms with E-state index in [4.69, 9.17) is 10.5 Å². The molecule has 6 nitrogen and oxygen atoms in total. The summed E-state index contributed by atoms with van der Waals surface area (Å²) in [5, 5.41) is 0. The highest BCUT2D eigenvalue weighted by molar-refractivity contribution is 5.83. The summed E-state index contributed by atoms with van der Waals surface area (Å²) in [5.74, 6) is 0.482. The summed E-state index contributed by atoms with van der Waals surface area (Å²) in [6, 6.07) is 10.3. The number of ether oxygens (including phenoxy) is 1. The zero-order valence-corrected chi connectivity index (χ0v) is 14.9. The molecule has 4 rings (SSSR count). The van der Waals surface area contributed by atoms with Crippen molar-refractivity contribution in [1.82, 2.24) is 14.9 Å². The fourth-order valence-electron chi connectivity index (χ4n) is 4.04. The highest BCUT2D eigenvalue weighted by Crippen LogP contribution is 2.37. The van der Waals surface area contributed by atoms with Crippen molar-refractivity contribution in [3.05, 3.63) is 53.3 Å². The SMILES string of the molecule is Nc1ncc2c(n1)CN(C(=O)C1(Cc3ccccc3)CCOCC1)CC2. The Morgan fingerprint density at radius 2 is 2.00 bits per heavy atom. The van der Waals surface area contributed by atoms with Crippen molar-refractivity contribution in [3.63, 3.8) is 0 Å². The lowest BCUT2D eigenvalue weighted by Crippen LogP contribution is -2.49. The third kappa shape index (κ3) is 3.29. The van der Waals surface area contributed by atoms with E-state index < -0.39 is 5.41 Å². The van der Waals surface area contributed by atoms with Crippen molar-refractivity contribution in [2.24, 2.45) is 5.41 Å². The van der Waals surface area contributed by atoms with Crippen LogP contribution >= 0.6 is 0 Å². The Hall–Kier alpha value is -2.47. The molecule has 1 aromatic heterocycles. The van der Waals surface area contributed by atoms with Crippen molar-refractivity contribution in [2.75, 3.05) is 25.5 Å². The zero-order valence-electron chi connectivity index (χ0n) is 14.9. The molecule has 2 aliphatic rings. The molecule has 1 saturated heterocycles. The van der Waals surface area contributed by atoms with E-state index in [2.05, 4.69) is 22.1 Å². The van der Waals surface area contributed by atoms with Crippen LogP contribution in [-0.4, -0.2) is 40.5 Å². The largest absolute Gasteiger partial charge is 0.381 e. The number of nitrogens with two attached hydrogens (primary N) is 1. The first kappa shape index (κ1) is 17.0. The molecule has 0 spiro atoms. The number of carbonyl (C=O) groups excluding carboxylic acids is 1. The molecule has 2 aliphatic heterocycles. The topological polar surface area (TPSA) is 81.3 Å². The van der Waals surface area contributed by atoms with Gasteiger partial charge in [-0.15, -0.1) is 0 Å². The van der Waals surface area contributed by atoms with Crippen molar-refractivity contribution in [1.29, 1.82) is 0 Å². The van der Waals surface area contributed by atoms with Gasteiger partial charge in [-0.2, -0.15) is 0 Å². The normalized spacial score (nSPS) is 19.0. The summed E-state index contributed by atoms with van der Waals surface area (Å²) < 4.78 is 5.56. The number of hydrogen-bond donors (Lipinski definition) is 1. The van der Waals surface area contributed by atoms with Crippen LogP contribution in [0.25, 0.3) is 0 Å². The van der Waals surface area contributed by atoms with E-state index in [0.29, 0.717) is 26.3 Å². The van der Waals surface area contributed by atoms with Gasteiger partial charge in [0.05, 0.1) is 17.7 Å². The van der Waals surface area contributed by atoms with Crippen molar-refractivity contribution in [2.45, 2.75) is 32.2 Å². The second-order valence-electron chi connectivity index (χ2n) is 7.23. The maximum Gasteiger partial charge on any atom is 0.229 e. The number of aromatic nitrogens is 2. The molecule has 1 fully saturated rings. The summed E-state index contributed by atoms with van der Waals surface area (Å²) in [6.07, 6.45) is 4.84. The van der Waals surface area contributed by atoms with Gasteiger partial charge in [-0.3, -0.25) is 4.79 Å². The molecule has 1 amide bonds. The van der Waals surface area contributed by atoms with Gasteiger partial charge in [0.2, 0.25) is 11.9 Å². The van der Waals surface area contributed by atoms with E-state index in [1.165, 1.54) is 5.56 Å². The first-order chi connectivity index (χ1) is 12.7. The van der Waals surface area contributed by atoms with E-state index >= 15 is 0 Å². The molecule has 26 heavy (non-hydrogen) atoms. The first-order valence-electron chi connectivity index (χ1n) is 9.18. The Balaban J connectivity index is 1.59. The molecule has 2 aromatic rings. The van der Waals surface area contributed by atoms with Gasteiger partial charge >= 0.3 is 0 Å². The Morgan fingerprint density at radius 3 is 2.77 bits per heavy atom. The lowest BCUT2D eigenvalue weighted by Gasteiger charge is -2.41. The Bertz CT molecular complexity index is 788. The molecule has 2 N–H and O–H groups in total. The molecule has 0 radical (unpaired) electrons. The number of benzene rings is 1. The second-order valence-corrected chi connectivity index (χ2v) is 7.23. The highest BCUT2D eigenvalue weighted by atomic mass is 16.5. The molecule has 1 aromatic carbocycles. The zero-order chi connectivity index (χ0) is 18.0. The van der Waals surface area contributed by atoms with Crippen LogP contribution in [0.15, 0.2) is 36.5 Å². The molecule has 0 aliphatic carbocycles. The quantitative estimate of drug-likeness (QED) is 0.913. The number of amides is 1. The van der Waals surface area contributed by atoms with Crippen LogP contribution in [0.5, 0.6) is 0 Å². The Morgan fingerprint density at radius 1 is 1.23 bits per heavy atom. The summed E-state index contributed by atoms with van der Waals surface area (Å²) >= 11 is 0. The van der Waals surface area contributed by atoms with Gasteiger partial charge in [0, 0.05) is 26.0 Å². The summed E-state index contributed by atoms with van der Waals surface area (Å²) in [7, 11) is 0. The number of nitrogens with zero attached hydrogens (tertiary/aromatic N) is 3. The minimum atomic E-state index is -0.393.